The second kappa shape index (κ2) is 7.73. The van der Waals surface area contributed by atoms with Crippen LogP contribution in [0.5, 0.6) is 0 Å². The summed E-state index contributed by atoms with van der Waals surface area (Å²) >= 11 is 2.73. The molecule has 5 nitrogen and oxygen atoms in total. The molecule has 0 saturated carbocycles. The van der Waals surface area contributed by atoms with Gasteiger partial charge in [0.2, 0.25) is 5.91 Å². The van der Waals surface area contributed by atoms with Crippen LogP contribution in [0.15, 0.2) is 59.4 Å². The summed E-state index contributed by atoms with van der Waals surface area (Å²) in [6.45, 7) is 0. The first-order chi connectivity index (χ1) is 13.2. The van der Waals surface area contributed by atoms with Crippen LogP contribution in [-0.4, -0.2) is 20.9 Å². The SMILES string of the molecule is O=C(Cc1csc(-c2cccc(F)c2)n1)Nc1nc(-c2ccccn2)cs1. The van der Waals surface area contributed by atoms with Crippen LogP contribution in [0.2, 0.25) is 0 Å². The zero-order valence-electron chi connectivity index (χ0n) is 13.9. The largest absolute Gasteiger partial charge is 0.302 e. The molecule has 0 aliphatic carbocycles. The van der Waals surface area contributed by atoms with Crippen molar-refractivity contribution in [1.29, 1.82) is 0 Å². The van der Waals surface area contributed by atoms with Gasteiger partial charge < -0.3 is 5.32 Å². The van der Waals surface area contributed by atoms with Gasteiger partial charge in [0.05, 0.1) is 17.8 Å². The van der Waals surface area contributed by atoms with Crippen molar-refractivity contribution in [3.63, 3.8) is 0 Å². The number of nitrogens with one attached hydrogen (secondary N) is 1. The highest BCUT2D eigenvalue weighted by Crippen LogP contribution is 2.25. The molecule has 3 aromatic heterocycles. The Balaban J connectivity index is 1.41. The Labute approximate surface area is 162 Å². The first-order valence-corrected chi connectivity index (χ1v) is 9.80. The van der Waals surface area contributed by atoms with E-state index in [1.165, 1.54) is 34.8 Å². The molecule has 0 fully saturated rings. The Hall–Kier alpha value is -2.97. The lowest BCUT2D eigenvalue weighted by Gasteiger charge is -1.99. The molecule has 4 aromatic rings. The minimum Gasteiger partial charge on any atom is -0.302 e. The molecule has 1 N–H and O–H groups in total. The molecule has 0 saturated heterocycles. The maximum Gasteiger partial charge on any atom is 0.232 e. The molecule has 134 valence electrons. The zero-order chi connectivity index (χ0) is 18.6. The number of halogens is 1. The number of hydrogen-bond acceptors (Lipinski definition) is 6. The van der Waals surface area contributed by atoms with E-state index in [4.69, 9.17) is 0 Å². The minimum atomic E-state index is -0.311. The fourth-order valence-electron chi connectivity index (χ4n) is 2.43. The Kier molecular flexibility index (Phi) is 4.99. The third-order valence-electron chi connectivity index (χ3n) is 3.64. The number of hydrogen-bond donors (Lipinski definition) is 1. The zero-order valence-corrected chi connectivity index (χ0v) is 15.6. The number of benzene rings is 1. The van der Waals surface area contributed by atoms with Gasteiger partial charge in [-0.2, -0.15) is 0 Å². The summed E-state index contributed by atoms with van der Waals surface area (Å²) in [6, 6.07) is 11.8. The quantitative estimate of drug-likeness (QED) is 0.533. The summed E-state index contributed by atoms with van der Waals surface area (Å²) in [5.74, 6) is -0.512. The van der Waals surface area contributed by atoms with Crippen molar-refractivity contribution in [3.8, 4) is 22.0 Å². The molecule has 0 bridgehead atoms. The average molecular weight is 396 g/mol. The lowest BCUT2D eigenvalue weighted by Crippen LogP contribution is -2.14. The van der Waals surface area contributed by atoms with Crippen molar-refractivity contribution < 1.29 is 9.18 Å². The smallest absolute Gasteiger partial charge is 0.232 e. The van der Waals surface area contributed by atoms with E-state index in [9.17, 15) is 9.18 Å². The third kappa shape index (κ3) is 4.24. The number of anilines is 1. The predicted octanol–water partition coefficient (Wildman–Crippen LogP) is 4.65. The summed E-state index contributed by atoms with van der Waals surface area (Å²) in [5, 5.41) is 7.64. The molecule has 1 aromatic carbocycles. The number of amides is 1. The number of aromatic nitrogens is 3. The van der Waals surface area contributed by atoms with Gasteiger partial charge in [-0.3, -0.25) is 9.78 Å². The van der Waals surface area contributed by atoms with Crippen LogP contribution in [-0.2, 0) is 11.2 Å². The minimum absolute atomic E-state index is 0.129. The number of carbonyl (C=O) groups excluding carboxylic acids is 1. The van der Waals surface area contributed by atoms with Crippen LogP contribution < -0.4 is 5.32 Å². The number of rotatable bonds is 5. The average Bonchev–Trinajstić information content (AvgIpc) is 3.32. The Morgan fingerprint density at radius 1 is 1.04 bits per heavy atom. The maximum absolute atomic E-state index is 13.3. The topological polar surface area (TPSA) is 67.8 Å². The van der Waals surface area contributed by atoms with Gasteiger partial charge in [-0.15, -0.1) is 22.7 Å². The second-order valence-corrected chi connectivity index (χ2v) is 7.35. The van der Waals surface area contributed by atoms with Crippen molar-refractivity contribution >= 4 is 33.7 Å². The van der Waals surface area contributed by atoms with E-state index in [1.54, 1.807) is 23.7 Å². The normalized spacial score (nSPS) is 10.7. The molecule has 8 heteroatoms. The van der Waals surface area contributed by atoms with E-state index in [0.717, 1.165) is 11.4 Å². The molecule has 4 rings (SSSR count). The van der Waals surface area contributed by atoms with Gasteiger partial charge in [0.25, 0.3) is 0 Å². The molecular formula is C19H13FN4OS2. The van der Waals surface area contributed by atoms with E-state index in [1.807, 2.05) is 23.6 Å². The number of pyridine rings is 1. The van der Waals surface area contributed by atoms with Crippen molar-refractivity contribution in [2.75, 3.05) is 5.32 Å². The van der Waals surface area contributed by atoms with Crippen LogP contribution in [0.3, 0.4) is 0 Å². The summed E-state index contributed by atoms with van der Waals surface area (Å²) < 4.78 is 13.3. The molecule has 0 atom stereocenters. The lowest BCUT2D eigenvalue weighted by molar-refractivity contribution is -0.115. The van der Waals surface area contributed by atoms with E-state index in [0.29, 0.717) is 21.4 Å². The van der Waals surface area contributed by atoms with Gasteiger partial charge in [0.15, 0.2) is 5.13 Å². The summed E-state index contributed by atoms with van der Waals surface area (Å²) in [4.78, 5) is 25.3. The first kappa shape index (κ1) is 17.4. The van der Waals surface area contributed by atoms with E-state index in [2.05, 4.69) is 20.3 Å². The highest BCUT2D eigenvalue weighted by Gasteiger charge is 2.12. The second-order valence-electron chi connectivity index (χ2n) is 5.63. The van der Waals surface area contributed by atoms with Crippen LogP contribution in [0.4, 0.5) is 9.52 Å². The van der Waals surface area contributed by atoms with Gasteiger partial charge >= 0.3 is 0 Å². The monoisotopic (exact) mass is 396 g/mol. The summed E-state index contributed by atoms with van der Waals surface area (Å²) in [7, 11) is 0. The molecular weight excluding hydrogens is 383 g/mol. The fourth-order valence-corrected chi connectivity index (χ4v) is 3.97. The summed E-state index contributed by atoms with van der Waals surface area (Å²) in [5.41, 5.74) is 2.82. The fraction of sp³-hybridized carbons (Fsp3) is 0.0526. The van der Waals surface area contributed by atoms with Gasteiger partial charge in [0.1, 0.15) is 16.5 Å². The van der Waals surface area contributed by atoms with Gasteiger partial charge in [-0.1, -0.05) is 18.2 Å². The van der Waals surface area contributed by atoms with E-state index in [-0.39, 0.29) is 18.1 Å². The standard InChI is InChI=1S/C19H13FN4OS2/c20-13-5-3-4-12(8-13)18-22-14(10-26-18)9-17(25)24-19-23-16(11-27-19)15-6-1-2-7-21-15/h1-8,10-11H,9H2,(H,23,24,25). The summed E-state index contributed by atoms with van der Waals surface area (Å²) in [6.07, 6.45) is 1.83. The van der Waals surface area contributed by atoms with Crippen LogP contribution in [0.1, 0.15) is 5.69 Å². The Morgan fingerprint density at radius 2 is 1.96 bits per heavy atom. The Bertz CT molecular complexity index is 1080. The maximum atomic E-state index is 13.3. The highest BCUT2D eigenvalue weighted by atomic mass is 32.1. The molecule has 3 heterocycles. The van der Waals surface area contributed by atoms with Gasteiger partial charge in [-0.05, 0) is 24.3 Å². The molecule has 0 aliphatic rings. The molecule has 1 amide bonds. The van der Waals surface area contributed by atoms with Crippen molar-refractivity contribution in [3.05, 3.63) is 70.9 Å². The number of thiazole rings is 2. The van der Waals surface area contributed by atoms with Crippen LogP contribution in [0, 0.1) is 5.82 Å². The number of carbonyl (C=O) groups is 1. The predicted molar refractivity (Wildman–Crippen MR) is 105 cm³/mol. The molecule has 27 heavy (non-hydrogen) atoms. The molecule has 0 spiro atoms. The van der Waals surface area contributed by atoms with Crippen molar-refractivity contribution in [2.24, 2.45) is 0 Å². The number of nitrogens with zero attached hydrogens (tertiary/aromatic N) is 3. The highest BCUT2D eigenvalue weighted by molar-refractivity contribution is 7.14. The first-order valence-electron chi connectivity index (χ1n) is 8.04. The molecule has 0 aliphatic heterocycles. The van der Waals surface area contributed by atoms with Gasteiger partial charge in [-0.25, -0.2) is 14.4 Å². The van der Waals surface area contributed by atoms with Crippen LogP contribution in [0.25, 0.3) is 22.0 Å². The molecule has 0 radical (unpaired) electrons. The lowest BCUT2D eigenvalue weighted by atomic mass is 10.2. The third-order valence-corrected chi connectivity index (χ3v) is 5.34. The van der Waals surface area contributed by atoms with Crippen molar-refractivity contribution in [1.82, 2.24) is 15.0 Å². The van der Waals surface area contributed by atoms with E-state index < -0.39 is 0 Å². The van der Waals surface area contributed by atoms with Gasteiger partial charge in [0, 0.05) is 22.5 Å². The van der Waals surface area contributed by atoms with Crippen molar-refractivity contribution in [2.45, 2.75) is 6.42 Å². The molecule has 0 unspecified atom stereocenters. The Morgan fingerprint density at radius 3 is 2.78 bits per heavy atom. The van der Waals surface area contributed by atoms with E-state index >= 15 is 0 Å². The van der Waals surface area contributed by atoms with Crippen LogP contribution >= 0.6 is 22.7 Å².